The van der Waals surface area contributed by atoms with Gasteiger partial charge in [-0.25, -0.2) is 4.79 Å². The second-order valence-electron chi connectivity index (χ2n) is 6.15. The molecule has 0 unspecified atom stereocenters. The number of hydrogen-bond acceptors (Lipinski definition) is 3. The minimum Gasteiger partial charge on any atom is -0.338 e. The van der Waals surface area contributed by atoms with Gasteiger partial charge in [0.2, 0.25) is 0 Å². The number of rotatable bonds is 3. The zero-order valence-electron chi connectivity index (χ0n) is 14.6. The monoisotopic (exact) mass is 341 g/mol. The van der Waals surface area contributed by atoms with Crippen LogP contribution in [-0.4, -0.2) is 64.7 Å². The number of aromatic nitrogens is 2. The molecule has 1 fully saturated rings. The van der Waals surface area contributed by atoms with E-state index in [1.165, 1.54) is 5.56 Å². The standard InChI is InChI=1S/C18H23N5O2/c1-3-19-18(25)23-10-8-22(9-11-23)17(24)16-12-15(20-21-16)14-6-4-13(2)5-7-14/h4-7,12H,3,8-11H2,1-2H3,(H,19,25)(H,20,21). The Hall–Kier alpha value is -2.83. The molecule has 25 heavy (non-hydrogen) atoms. The Labute approximate surface area is 147 Å². The SMILES string of the molecule is CCNC(=O)N1CCN(C(=O)c2cc(-c3ccc(C)cc3)n[nH]2)CC1. The molecule has 0 saturated carbocycles. The average Bonchev–Trinajstić information content (AvgIpc) is 3.12. The van der Waals surface area contributed by atoms with Crippen LogP contribution >= 0.6 is 0 Å². The lowest BCUT2D eigenvalue weighted by Gasteiger charge is -2.34. The zero-order chi connectivity index (χ0) is 17.8. The number of urea groups is 1. The van der Waals surface area contributed by atoms with Gasteiger partial charge in [-0.1, -0.05) is 29.8 Å². The van der Waals surface area contributed by atoms with E-state index in [1.54, 1.807) is 15.9 Å². The molecule has 0 bridgehead atoms. The van der Waals surface area contributed by atoms with Crippen molar-refractivity contribution in [1.29, 1.82) is 0 Å². The third-order valence-electron chi connectivity index (χ3n) is 4.34. The van der Waals surface area contributed by atoms with Crippen LogP contribution in [0.1, 0.15) is 23.0 Å². The third-order valence-corrected chi connectivity index (χ3v) is 4.34. The van der Waals surface area contributed by atoms with Gasteiger partial charge in [0.05, 0.1) is 5.69 Å². The van der Waals surface area contributed by atoms with Gasteiger partial charge in [0.1, 0.15) is 5.69 Å². The smallest absolute Gasteiger partial charge is 0.317 e. The molecule has 0 aliphatic carbocycles. The predicted molar refractivity (Wildman–Crippen MR) is 95.3 cm³/mol. The number of nitrogens with one attached hydrogen (secondary N) is 2. The van der Waals surface area contributed by atoms with E-state index < -0.39 is 0 Å². The first-order valence-electron chi connectivity index (χ1n) is 8.53. The average molecular weight is 341 g/mol. The van der Waals surface area contributed by atoms with E-state index in [1.807, 2.05) is 38.1 Å². The van der Waals surface area contributed by atoms with Crippen molar-refractivity contribution in [2.75, 3.05) is 32.7 Å². The van der Waals surface area contributed by atoms with Gasteiger partial charge < -0.3 is 15.1 Å². The summed E-state index contributed by atoms with van der Waals surface area (Å²) in [6, 6.07) is 9.73. The molecular formula is C18H23N5O2. The molecule has 3 amide bonds. The van der Waals surface area contributed by atoms with Crippen molar-refractivity contribution in [3.8, 4) is 11.3 Å². The van der Waals surface area contributed by atoms with Crippen molar-refractivity contribution in [2.24, 2.45) is 0 Å². The van der Waals surface area contributed by atoms with Gasteiger partial charge in [-0.2, -0.15) is 5.10 Å². The molecule has 132 valence electrons. The molecule has 1 aromatic carbocycles. The summed E-state index contributed by atoms with van der Waals surface area (Å²) in [6.45, 7) is 6.65. The molecule has 3 rings (SSSR count). The lowest BCUT2D eigenvalue weighted by Crippen LogP contribution is -2.53. The maximum absolute atomic E-state index is 12.6. The summed E-state index contributed by atoms with van der Waals surface area (Å²) < 4.78 is 0. The van der Waals surface area contributed by atoms with Crippen molar-refractivity contribution in [1.82, 2.24) is 25.3 Å². The minimum absolute atomic E-state index is 0.0715. The first kappa shape index (κ1) is 17.0. The van der Waals surface area contributed by atoms with Crippen LogP contribution in [0.3, 0.4) is 0 Å². The number of hydrogen-bond donors (Lipinski definition) is 2. The number of piperazine rings is 1. The molecule has 0 spiro atoms. The van der Waals surface area contributed by atoms with Crippen LogP contribution in [0.5, 0.6) is 0 Å². The number of benzene rings is 1. The summed E-state index contributed by atoms with van der Waals surface area (Å²) in [5.41, 5.74) is 3.38. The van der Waals surface area contributed by atoms with E-state index >= 15 is 0 Å². The second-order valence-corrected chi connectivity index (χ2v) is 6.15. The van der Waals surface area contributed by atoms with Crippen molar-refractivity contribution in [3.05, 3.63) is 41.6 Å². The molecule has 7 nitrogen and oxygen atoms in total. The summed E-state index contributed by atoms with van der Waals surface area (Å²) in [6.07, 6.45) is 0. The number of H-pyrrole nitrogens is 1. The second kappa shape index (κ2) is 7.38. The van der Waals surface area contributed by atoms with E-state index in [9.17, 15) is 9.59 Å². The van der Waals surface area contributed by atoms with Crippen molar-refractivity contribution in [3.63, 3.8) is 0 Å². The third kappa shape index (κ3) is 3.81. The highest BCUT2D eigenvalue weighted by Crippen LogP contribution is 2.19. The fourth-order valence-corrected chi connectivity index (χ4v) is 2.85. The molecule has 0 atom stereocenters. The van der Waals surface area contributed by atoms with Gasteiger partial charge >= 0.3 is 6.03 Å². The molecule has 2 heterocycles. The summed E-state index contributed by atoms with van der Waals surface area (Å²) in [4.78, 5) is 27.9. The number of aryl methyl sites for hydroxylation is 1. The molecule has 0 radical (unpaired) electrons. The highest BCUT2D eigenvalue weighted by Gasteiger charge is 2.25. The predicted octanol–water partition coefficient (Wildman–Crippen LogP) is 1.87. The Bertz CT molecular complexity index is 745. The Balaban J connectivity index is 1.63. The largest absolute Gasteiger partial charge is 0.338 e. The van der Waals surface area contributed by atoms with Crippen LogP contribution in [0, 0.1) is 6.92 Å². The number of aromatic amines is 1. The van der Waals surface area contributed by atoms with E-state index in [0.29, 0.717) is 38.4 Å². The Morgan fingerprint density at radius 1 is 1.12 bits per heavy atom. The lowest BCUT2D eigenvalue weighted by molar-refractivity contribution is 0.0659. The summed E-state index contributed by atoms with van der Waals surface area (Å²) in [5, 5.41) is 9.87. The Kier molecular flexibility index (Phi) is 5.02. The van der Waals surface area contributed by atoms with Gasteiger partial charge in [0.25, 0.3) is 5.91 Å². The van der Waals surface area contributed by atoms with Gasteiger partial charge in [0, 0.05) is 38.3 Å². The van der Waals surface area contributed by atoms with Gasteiger partial charge in [-0.3, -0.25) is 9.89 Å². The Morgan fingerprint density at radius 2 is 1.76 bits per heavy atom. The van der Waals surface area contributed by atoms with Crippen LogP contribution in [0.25, 0.3) is 11.3 Å². The van der Waals surface area contributed by atoms with E-state index in [-0.39, 0.29) is 11.9 Å². The number of amides is 3. The van der Waals surface area contributed by atoms with Crippen LogP contribution in [0.2, 0.25) is 0 Å². The summed E-state index contributed by atoms with van der Waals surface area (Å²) in [7, 11) is 0. The molecule has 1 aromatic heterocycles. The fraction of sp³-hybridized carbons (Fsp3) is 0.389. The van der Waals surface area contributed by atoms with E-state index in [4.69, 9.17) is 0 Å². The Morgan fingerprint density at radius 3 is 2.40 bits per heavy atom. The first-order valence-corrected chi connectivity index (χ1v) is 8.53. The van der Waals surface area contributed by atoms with Crippen LogP contribution in [-0.2, 0) is 0 Å². The quantitative estimate of drug-likeness (QED) is 0.894. The summed E-state index contributed by atoms with van der Waals surface area (Å²) >= 11 is 0. The maximum Gasteiger partial charge on any atom is 0.317 e. The molecular weight excluding hydrogens is 318 g/mol. The maximum atomic E-state index is 12.6. The molecule has 2 aromatic rings. The molecule has 1 aliphatic rings. The van der Waals surface area contributed by atoms with Crippen molar-refractivity contribution in [2.45, 2.75) is 13.8 Å². The first-order chi connectivity index (χ1) is 12.1. The molecule has 1 saturated heterocycles. The van der Waals surface area contributed by atoms with Crippen molar-refractivity contribution >= 4 is 11.9 Å². The van der Waals surface area contributed by atoms with Crippen LogP contribution in [0.15, 0.2) is 30.3 Å². The zero-order valence-corrected chi connectivity index (χ0v) is 14.6. The highest BCUT2D eigenvalue weighted by atomic mass is 16.2. The normalized spacial score (nSPS) is 14.5. The van der Waals surface area contributed by atoms with Gasteiger partial charge in [0.15, 0.2) is 0 Å². The van der Waals surface area contributed by atoms with Gasteiger partial charge in [-0.05, 0) is 19.9 Å². The van der Waals surface area contributed by atoms with Crippen LogP contribution in [0.4, 0.5) is 4.79 Å². The van der Waals surface area contributed by atoms with Crippen molar-refractivity contribution < 1.29 is 9.59 Å². The van der Waals surface area contributed by atoms with E-state index in [0.717, 1.165) is 11.3 Å². The number of nitrogens with zero attached hydrogens (tertiary/aromatic N) is 3. The van der Waals surface area contributed by atoms with Crippen LogP contribution < -0.4 is 5.32 Å². The highest BCUT2D eigenvalue weighted by molar-refractivity contribution is 5.93. The number of carbonyl (C=O) groups is 2. The van der Waals surface area contributed by atoms with Gasteiger partial charge in [-0.15, -0.1) is 0 Å². The number of carbonyl (C=O) groups excluding carboxylic acids is 2. The lowest BCUT2D eigenvalue weighted by atomic mass is 10.1. The fourth-order valence-electron chi connectivity index (χ4n) is 2.85. The molecule has 1 aliphatic heterocycles. The summed E-state index contributed by atoms with van der Waals surface area (Å²) in [5.74, 6) is -0.0820. The topological polar surface area (TPSA) is 81.3 Å². The molecule has 7 heteroatoms. The van der Waals surface area contributed by atoms with E-state index in [2.05, 4.69) is 15.5 Å². The minimum atomic E-state index is -0.0820. The molecule has 2 N–H and O–H groups in total.